The average Bonchev–Trinajstić information content (AvgIpc) is 2.20. The first-order valence-electron chi connectivity index (χ1n) is 3.46. The Bertz CT molecular complexity index is 138. The van der Waals surface area contributed by atoms with Crippen LogP contribution >= 0.6 is 0 Å². The van der Waals surface area contributed by atoms with Gasteiger partial charge in [-0.25, -0.2) is 5.48 Å². The second-order valence-electron chi connectivity index (χ2n) is 2.44. The van der Waals surface area contributed by atoms with Crippen LogP contribution in [0.1, 0.15) is 19.8 Å². The van der Waals surface area contributed by atoms with E-state index in [0.29, 0.717) is 0 Å². The number of carbonyl (C=O) groups excluding carboxylic acids is 1. The van der Waals surface area contributed by atoms with Gasteiger partial charge in [-0.15, -0.1) is 0 Å². The number of amides is 1. The molecule has 10 heavy (non-hydrogen) atoms. The molecule has 0 unspecified atom stereocenters. The smallest absolute Gasteiger partial charge is 0.263 e. The van der Waals surface area contributed by atoms with Crippen molar-refractivity contribution in [2.45, 2.75) is 31.9 Å². The molecule has 1 rings (SSSR count). The molecular weight excluding hydrogens is 132 g/mol. The topological polar surface area (TPSA) is 64.3 Å². The largest absolute Gasteiger partial charge is 0.318 e. The summed E-state index contributed by atoms with van der Waals surface area (Å²) in [5.74, 6) is -0.210. The zero-order valence-corrected chi connectivity index (χ0v) is 5.96. The zero-order chi connectivity index (χ0) is 7.56. The van der Waals surface area contributed by atoms with Gasteiger partial charge in [-0.05, 0) is 6.42 Å². The van der Waals surface area contributed by atoms with Gasteiger partial charge >= 0.3 is 0 Å². The van der Waals surface area contributed by atoms with Gasteiger partial charge in [0.15, 0.2) is 0 Å². The van der Waals surface area contributed by atoms with Crippen LogP contribution in [0.15, 0.2) is 0 Å². The molecule has 0 saturated carbocycles. The van der Waals surface area contributed by atoms with Crippen molar-refractivity contribution in [3.8, 4) is 0 Å². The van der Waals surface area contributed by atoms with Crippen molar-refractivity contribution in [3.63, 3.8) is 0 Å². The molecule has 1 fully saturated rings. The van der Waals surface area contributed by atoms with Crippen LogP contribution in [-0.4, -0.2) is 18.1 Å². The molecule has 0 radical (unpaired) electrons. The first-order chi connectivity index (χ1) is 4.75. The monoisotopic (exact) mass is 144 g/mol. The lowest BCUT2D eigenvalue weighted by atomic mass is 10.1. The predicted octanol–water partition coefficient (Wildman–Crippen LogP) is -0.456. The molecule has 0 aromatic carbocycles. The third kappa shape index (κ3) is 1.27. The summed E-state index contributed by atoms with van der Waals surface area (Å²) in [7, 11) is 0. The Kier molecular flexibility index (Phi) is 2.24. The lowest BCUT2D eigenvalue weighted by Gasteiger charge is -2.07. The van der Waals surface area contributed by atoms with Gasteiger partial charge in [-0.2, -0.15) is 0 Å². The van der Waals surface area contributed by atoms with E-state index in [0.717, 1.165) is 12.8 Å². The minimum absolute atomic E-state index is 0.127. The Balaban J connectivity index is 2.41. The van der Waals surface area contributed by atoms with Crippen LogP contribution < -0.4 is 11.2 Å². The van der Waals surface area contributed by atoms with Crippen molar-refractivity contribution in [1.82, 2.24) is 5.48 Å². The van der Waals surface area contributed by atoms with Gasteiger partial charge in [0.1, 0.15) is 12.1 Å². The standard InChI is InChI=1S/C6H12N2O2/c1-2-3-4-5(7)6(9)8-10-4/h4-5H,2-3,7H2,1H3,(H,8,9)/t4-,5+/m1/s1. The summed E-state index contributed by atoms with van der Waals surface area (Å²) in [6.45, 7) is 2.03. The van der Waals surface area contributed by atoms with Crippen LogP contribution in [0.4, 0.5) is 0 Å². The number of hydroxylamine groups is 1. The highest BCUT2D eigenvalue weighted by Crippen LogP contribution is 2.09. The maximum absolute atomic E-state index is 10.7. The molecule has 3 N–H and O–H groups in total. The summed E-state index contributed by atoms with van der Waals surface area (Å²) in [6, 6.07) is -0.472. The van der Waals surface area contributed by atoms with Crippen molar-refractivity contribution >= 4 is 5.91 Å². The normalized spacial score (nSPS) is 32.4. The highest BCUT2D eigenvalue weighted by molar-refractivity contribution is 5.82. The second-order valence-corrected chi connectivity index (χ2v) is 2.44. The summed E-state index contributed by atoms with van der Waals surface area (Å²) in [6.07, 6.45) is 1.69. The van der Waals surface area contributed by atoms with Gasteiger partial charge in [-0.3, -0.25) is 9.63 Å². The highest BCUT2D eigenvalue weighted by Gasteiger charge is 2.31. The van der Waals surface area contributed by atoms with E-state index >= 15 is 0 Å². The maximum atomic E-state index is 10.7. The van der Waals surface area contributed by atoms with Gasteiger partial charge in [0.2, 0.25) is 0 Å². The molecule has 0 bridgehead atoms. The Hall–Kier alpha value is -0.610. The van der Waals surface area contributed by atoms with Crippen LogP contribution in [-0.2, 0) is 9.63 Å². The van der Waals surface area contributed by atoms with Crippen LogP contribution in [0.25, 0.3) is 0 Å². The minimum atomic E-state index is -0.472. The Labute approximate surface area is 59.7 Å². The number of carbonyl (C=O) groups is 1. The van der Waals surface area contributed by atoms with Crippen molar-refractivity contribution < 1.29 is 9.63 Å². The number of nitrogens with two attached hydrogens (primary N) is 1. The quantitative estimate of drug-likeness (QED) is 0.551. The molecule has 4 nitrogen and oxygen atoms in total. The number of hydrogen-bond acceptors (Lipinski definition) is 3. The van der Waals surface area contributed by atoms with Crippen LogP contribution in [0.2, 0.25) is 0 Å². The van der Waals surface area contributed by atoms with E-state index in [1.807, 2.05) is 6.92 Å². The van der Waals surface area contributed by atoms with Crippen molar-refractivity contribution in [2.24, 2.45) is 5.73 Å². The maximum Gasteiger partial charge on any atom is 0.263 e. The molecule has 0 aliphatic carbocycles. The fourth-order valence-corrected chi connectivity index (χ4v) is 0.967. The molecule has 1 heterocycles. The summed E-state index contributed by atoms with van der Waals surface area (Å²) in [5, 5.41) is 0. The SMILES string of the molecule is CCC[C@H]1ONC(=O)[C@H]1N. The Morgan fingerprint density at radius 3 is 2.90 bits per heavy atom. The summed E-state index contributed by atoms with van der Waals surface area (Å²) < 4.78 is 0. The molecular formula is C6H12N2O2. The molecule has 4 heteroatoms. The minimum Gasteiger partial charge on any atom is -0.318 e. The van der Waals surface area contributed by atoms with E-state index < -0.39 is 6.04 Å². The summed E-state index contributed by atoms with van der Waals surface area (Å²) in [4.78, 5) is 15.6. The molecule has 1 aliphatic heterocycles. The fourth-order valence-electron chi connectivity index (χ4n) is 0.967. The van der Waals surface area contributed by atoms with Gasteiger partial charge in [0.05, 0.1) is 0 Å². The third-order valence-corrected chi connectivity index (χ3v) is 1.59. The lowest BCUT2D eigenvalue weighted by Crippen LogP contribution is -2.36. The third-order valence-electron chi connectivity index (χ3n) is 1.59. The van der Waals surface area contributed by atoms with E-state index in [1.54, 1.807) is 0 Å². The Morgan fingerprint density at radius 1 is 1.80 bits per heavy atom. The van der Waals surface area contributed by atoms with E-state index in [9.17, 15) is 4.79 Å². The molecule has 0 aromatic rings. The van der Waals surface area contributed by atoms with E-state index in [2.05, 4.69) is 5.48 Å². The lowest BCUT2D eigenvalue weighted by molar-refractivity contribution is -0.125. The molecule has 0 aromatic heterocycles. The van der Waals surface area contributed by atoms with Crippen molar-refractivity contribution in [1.29, 1.82) is 0 Å². The van der Waals surface area contributed by atoms with Gasteiger partial charge < -0.3 is 5.73 Å². The first-order valence-corrected chi connectivity index (χ1v) is 3.46. The van der Waals surface area contributed by atoms with Crippen LogP contribution in [0.5, 0.6) is 0 Å². The van der Waals surface area contributed by atoms with E-state index in [4.69, 9.17) is 10.6 Å². The van der Waals surface area contributed by atoms with Crippen LogP contribution in [0, 0.1) is 0 Å². The number of nitrogens with one attached hydrogen (secondary N) is 1. The molecule has 58 valence electrons. The summed E-state index contributed by atoms with van der Waals surface area (Å²) in [5.41, 5.74) is 7.71. The molecule has 1 aliphatic rings. The van der Waals surface area contributed by atoms with Gasteiger partial charge in [0, 0.05) is 0 Å². The first kappa shape index (κ1) is 7.50. The molecule has 1 amide bonds. The second kappa shape index (κ2) is 2.98. The van der Waals surface area contributed by atoms with Crippen molar-refractivity contribution in [3.05, 3.63) is 0 Å². The number of rotatable bonds is 2. The van der Waals surface area contributed by atoms with E-state index in [1.165, 1.54) is 0 Å². The molecule has 2 atom stereocenters. The Morgan fingerprint density at radius 2 is 2.50 bits per heavy atom. The molecule has 1 saturated heterocycles. The van der Waals surface area contributed by atoms with Gasteiger partial charge in [0.25, 0.3) is 5.91 Å². The van der Waals surface area contributed by atoms with Crippen molar-refractivity contribution in [2.75, 3.05) is 0 Å². The summed E-state index contributed by atoms with van der Waals surface area (Å²) >= 11 is 0. The van der Waals surface area contributed by atoms with Gasteiger partial charge in [-0.1, -0.05) is 13.3 Å². The predicted molar refractivity (Wildman–Crippen MR) is 35.9 cm³/mol. The average molecular weight is 144 g/mol. The fraction of sp³-hybridized carbons (Fsp3) is 0.833. The van der Waals surface area contributed by atoms with Crippen LogP contribution in [0.3, 0.4) is 0 Å². The molecule has 0 spiro atoms. The van der Waals surface area contributed by atoms with E-state index in [-0.39, 0.29) is 12.0 Å². The highest BCUT2D eigenvalue weighted by atomic mass is 16.7. The zero-order valence-electron chi connectivity index (χ0n) is 5.96. The number of hydrogen-bond donors (Lipinski definition) is 2.